The molecule has 2 radical (unpaired) electrons. The molecule has 2 aromatic rings. The summed E-state index contributed by atoms with van der Waals surface area (Å²) in [6, 6.07) is 6.67. The normalized spacial score (nSPS) is 26.3. The molecule has 21 heavy (non-hydrogen) atoms. The Morgan fingerprint density at radius 2 is 2.19 bits per heavy atom. The Balaban J connectivity index is 2.14. The van der Waals surface area contributed by atoms with Crippen molar-refractivity contribution in [3.05, 3.63) is 35.5 Å². The van der Waals surface area contributed by atoms with Gasteiger partial charge in [0.25, 0.3) is 0 Å². The van der Waals surface area contributed by atoms with Gasteiger partial charge in [0.2, 0.25) is 0 Å². The predicted octanol–water partition coefficient (Wildman–Crippen LogP) is 3.60. The maximum Gasteiger partial charge on any atom is 0.0833 e. The van der Waals surface area contributed by atoms with E-state index in [0.29, 0.717) is 0 Å². The van der Waals surface area contributed by atoms with Crippen LogP contribution >= 0.6 is 0 Å². The number of aromatic amines is 1. The van der Waals surface area contributed by atoms with E-state index in [2.05, 4.69) is 62.1 Å². The fourth-order valence-electron chi connectivity index (χ4n) is 3.86. The van der Waals surface area contributed by atoms with E-state index in [1.54, 1.807) is 0 Å². The van der Waals surface area contributed by atoms with Gasteiger partial charge in [0.05, 0.1) is 7.85 Å². The summed E-state index contributed by atoms with van der Waals surface area (Å²) >= 11 is 0. The Morgan fingerprint density at radius 1 is 1.43 bits per heavy atom. The molecular formula is C18H25BN2. The van der Waals surface area contributed by atoms with Gasteiger partial charge in [-0.3, -0.25) is 0 Å². The fourth-order valence-corrected chi connectivity index (χ4v) is 3.86. The number of hydrogen-bond acceptors (Lipinski definition) is 1. The molecule has 0 saturated carbocycles. The van der Waals surface area contributed by atoms with Crippen LogP contribution in [0.25, 0.3) is 10.9 Å². The van der Waals surface area contributed by atoms with Gasteiger partial charge in [-0.2, -0.15) is 0 Å². The lowest BCUT2D eigenvalue weighted by molar-refractivity contribution is 0.143. The molecule has 0 amide bonds. The lowest BCUT2D eigenvalue weighted by Crippen LogP contribution is -2.55. The van der Waals surface area contributed by atoms with E-state index in [1.165, 1.54) is 28.5 Å². The van der Waals surface area contributed by atoms with Gasteiger partial charge in [0, 0.05) is 22.6 Å². The minimum Gasteiger partial charge on any atom is -0.361 e. The molecule has 110 valence electrons. The third-order valence-electron chi connectivity index (χ3n) is 5.83. The van der Waals surface area contributed by atoms with Crippen molar-refractivity contribution < 1.29 is 0 Å². The minimum atomic E-state index is -0.372. The van der Waals surface area contributed by atoms with Crippen LogP contribution in [0.2, 0.25) is 0 Å². The molecule has 2 heterocycles. The number of rotatable bonds is 3. The van der Waals surface area contributed by atoms with E-state index in [0.717, 1.165) is 19.4 Å². The quantitative estimate of drug-likeness (QED) is 0.851. The molecule has 1 aromatic heterocycles. The molecule has 1 aliphatic heterocycles. The standard InChI is InChI=1S/C18H25BN2/c1-5-13-7-8-16-14(11-13)15(12-20-16)18(3,19)17(2)9-6-10-21(17)4/h7-8,11-12,20H,5-6,9-10H2,1-4H3/t17-,18?/m1/s1. The van der Waals surface area contributed by atoms with E-state index in [1.807, 2.05) is 0 Å². The highest BCUT2D eigenvalue weighted by atomic mass is 15.2. The number of nitrogens with zero attached hydrogens (tertiary/aromatic N) is 1. The van der Waals surface area contributed by atoms with Gasteiger partial charge in [-0.15, -0.1) is 0 Å². The zero-order valence-corrected chi connectivity index (χ0v) is 13.7. The second-order valence-electron chi connectivity index (χ2n) is 6.94. The summed E-state index contributed by atoms with van der Waals surface area (Å²) in [5, 5.41) is 0.906. The van der Waals surface area contributed by atoms with E-state index in [9.17, 15) is 0 Å². The zero-order valence-electron chi connectivity index (χ0n) is 13.7. The maximum atomic E-state index is 6.91. The molecule has 1 aliphatic rings. The lowest BCUT2D eigenvalue weighted by atomic mass is 9.54. The van der Waals surface area contributed by atoms with Crippen molar-refractivity contribution in [3.63, 3.8) is 0 Å². The molecule has 1 unspecified atom stereocenters. The van der Waals surface area contributed by atoms with Crippen molar-refractivity contribution in [1.82, 2.24) is 9.88 Å². The second-order valence-corrected chi connectivity index (χ2v) is 6.94. The Morgan fingerprint density at radius 3 is 2.81 bits per heavy atom. The van der Waals surface area contributed by atoms with Gasteiger partial charge < -0.3 is 9.88 Å². The van der Waals surface area contributed by atoms with Crippen LogP contribution in [-0.4, -0.2) is 36.9 Å². The van der Waals surface area contributed by atoms with Crippen molar-refractivity contribution >= 4 is 18.7 Å². The van der Waals surface area contributed by atoms with Crippen LogP contribution in [-0.2, 0) is 11.7 Å². The van der Waals surface area contributed by atoms with Gasteiger partial charge in [0.1, 0.15) is 0 Å². The Kier molecular flexibility index (Phi) is 3.44. The number of aryl methyl sites for hydroxylation is 1. The molecule has 3 heteroatoms. The molecule has 3 rings (SSSR count). The first-order chi connectivity index (χ1) is 9.90. The molecule has 1 aromatic carbocycles. The number of nitrogens with one attached hydrogen (secondary N) is 1. The van der Waals surface area contributed by atoms with Crippen LogP contribution in [0.1, 0.15) is 44.7 Å². The highest BCUT2D eigenvalue weighted by Gasteiger charge is 2.47. The highest BCUT2D eigenvalue weighted by Crippen LogP contribution is 2.45. The molecule has 1 fully saturated rings. The van der Waals surface area contributed by atoms with Crippen molar-refractivity contribution in [2.24, 2.45) is 0 Å². The number of benzene rings is 1. The van der Waals surface area contributed by atoms with E-state index < -0.39 is 0 Å². The number of likely N-dealkylation sites (N-methyl/N-ethyl adjacent to an activating group) is 1. The second kappa shape index (κ2) is 4.91. The Bertz CT molecular complexity index is 658. The first-order valence-electron chi connectivity index (χ1n) is 8.01. The number of aromatic nitrogens is 1. The SMILES string of the molecule is [B]C(C)(c1c[nH]c2ccc(CC)cc12)[C@@]1(C)CCCN1C. The van der Waals surface area contributed by atoms with Gasteiger partial charge in [-0.1, -0.05) is 19.9 Å². The van der Waals surface area contributed by atoms with Crippen molar-refractivity contribution in [2.75, 3.05) is 13.6 Å². The summed E-state index contributed by atoms with van der Waals surface area (Å²) in [6.45, 7) is 7.83. The molecule has 1 saturated heterocycles. The van der Waals surface area contributed by atoms with Crippen LogP contribution in [0, 0.1) is 0 Å². The minimum absolute atomic E-state index is 0.00431. The largest absolute Gasteiger partial charge is 0.361 e. The average molecular weight is 280 g/mol. The third-order valence-corrected chi connectivity index (χ3v) is 5.83. The molecule has 0 spiro atoms. The van der Waals surface area contributed by atoms with Crippen LogP contribution in [0.15, 0.2) is 24.4 Å². The number of hydrogen-bond donors (Lipinski definition) is 1. The molecule has 2 atom stereocenters. The predicted molar refractivity (Wildman–Crippen MR) is 91.1 cm³/mol. The lowest BCUT2D eigenvalue weighted by Gasteiger charge is -2.47. The van der Waals surface area contributed by atoms with Crippen LogP contribution in [0.3, 0.4) is 0 Å². The number of fused-ring (bicyclic) bond motifs is 1. The zero-order chi connectivity index (χ0) is 15.3. The monoisotopic (exact) mass is 280 g/mol. The Hall–Kier alpha value is -1.22. The van der Waals surface area contributed by atoms with Crippen LogP contribution in [0.5, 0.6) is 0 Å². The summed E-state index contributed by atoms with van der Waals surface area (Å²) < 4.78 is 0. The Labute approximate surface area is 129 Å². The summed E-state index contributed by atoms with van der Waals surface area (Å²) in [7, 11) is 9.11. The van der Waals surface area contributed by atoms with Gasteiger partial charge >= 0.3 is 0 Å². The molecule has 0 aliphatic carbocycles. The average Bonchev–Trinajstić information content (AvgIpc) is 3.03. The highest BCUT2D eigenvalue weighted by molar-refractivity contribution is 6.18. The molecular weight excluding hydrogens is 255 g/mol. The van der Waals surface area contributed by atoms with Crippen LogP contribution in [0.4, 0.5) is 0 Å². The van der Waals surface area contributed by atoms with Crippen molar-refractivity contribution in [3.8, 4) is 0 Å². The smallest absolute Gasteiger partial charge is 0.0833 e. The van der Waals surface area contributed by atoms with Gasteiger partial charge in [-0.25, -0.2) is 0 Å². The number of H-pyrrole nitrogens is 1. The van der Waals surface area contributed by atoms with E-state index in [-0.39, 0.29) is 10.9 Å². The molecule has 0 bridgehead atoms. The van der Waals surface area contributed by atoms with E-state index >= 15 is 0 Å². The summed E-state index contributed by atoms with van der Waals surface area (Å²) in [5.41, 5.74) is 3.79. The topological polar surface area (TPSA) is 19.0 Å². The van der Waals surface area contributed by atoms with E-state index in [4.69, 9.17) is 7.85 Å². The summed E-state index contributed by atoms with van der Waals surface area (Å²) in [4.78, 5) is 5.83. The third kappa shape index (κ3) is 2.05. The fraction of sp³-hybridized carbons (Fsp3) is 0.556. The van der Waals surface area contributed by atoms with Gasteiger partial charge in [-0.05, 0) is 68.4 Å². The first-order valence-corrected chi connectivity index (χ1v) is 8.01. The maximum absolute atomic E-state index is 6.91. The summed E-state index contributed by atoms with van der Waals surface area (Å²) in [5.74, 6) is 0. The van der Waals surface area contributed by atoms with Crippen molar-refractivity contribution in [1.29, 1.82) is 0 Å². The first kappa shape index (κ1) is 14.7. The van der Waals surface area contributed by atoms with Gasteiger partial charge in [0.15, 0.2) is 0 Å². The van der Waals surface area contributed by atoms with Crippen LogP contribution < -0.4 is 0 Å². The molecule has 1 N–H and O–H groups in total. The molecule has 2 nitrogen and oxygen atoms in total. The van der Waals surface area contributed by atoms with Crippen molar-refractivity contribution in [2.45, 2.75) is 50.9 Å². The number of likely N-dealkylation sites (tertiary alicyclic amines) is 1. The summed E-state index contributed by atoms with van der Waals surface area (Å²) in [6.07, 6.45) is 5.54.